The molecular formula is C14H12N2O4S. The van der Waals surface area contributed by atoms with Gasteiger partial charge in [0.2, 0.25) is 0 Å². The number of fused-ring (bicyclic) bond motifs is 1. The van der Waals surface area contributed by atoms with E-state index in [0.29, 0.717) is 18.7 Å². The minimum absolute atomic E-state index is 0.0672. The van der Waals surface area contributed by atoms with Crippen LogP contribution in [0.2, 0.25) is 0 Å². The molecule has 0 saturated carbocycles. The largest absolute Gasteiger partial charge is 0.479 e. The lowest BCUT2D eigenvalue weighted by atomic mass is 9.99. The number of rotatable bonds is 3. The van der Waals surface area contributed by atoms with Crippen LogP contribution in [0.1, 0.15) is 16.5 Å². The number of nitro groups is 1. The third-order valence-corrected chi connectivity index (χ3v) is 4.58. The Balaban J connectivity index is 2.11. The van der Waals surface area contributed by atoms with E-state index in [0.717, 1.165) is 10.4 Å². The molecule has 0 fully saturated rings. The Labute approximate surface area is 124 Å². The Morgan fingerprint density at radius 2 is 2.14 bits per heavy atom. The zero-order chi connectivity index (χ0) is 15.0. The van der Waals surface area contributed by atoms with Gasteiger partial charge in [-0.2, -0.15) is 0 Å². The lowest BCUT2D eigenvalue weighted by molar-refractivity contribution is -0.384. The summed E-state index contributed by atoms with van der Waals surface area (Å²) in [4.78, 5) is 25.0. The van der Waals surface area contributed by atoms with Gasteiger partial charge in [-0.15, -0.1) is 11.3 Å². The van der Waals surface area contributed by atoms with Gasteiger partial charge in [-0.1, -0.05) is 12.1 Å². The number of para-hydroxylation sites is 2. The summed E-state index contributed by atoms with van der Waals surface area (Å²) in [5.74, 6) is -0.993. The van der Waals surface area contributed by atoms with Gasteiger partial charge in [-0.05, 0) is 29.5 Å². The Morgan fingerprint density at radius 3 is 2.86 bits per heavy atom. The quantitative estimate of drug-likeness (QED) is 0.696. The molecule has 0 amide bonds. The lowest BCUT2D eigenvalue weighted by Crippen LogP contribution is -2.39. The molecule has 0 saturated heterocycles. The van der Waals surface area contributed by atoms with Crippen molar-refractivity contribution < 1.29 is 14.8 Å². The Hall–Kier alpha value is -2.41. The third-order valence-electron chi connectivity index (χ3n) is 3.59. The average molecular weight is 304 g/mol. The summed E-state index contributed by atoms with van der Waals surface area (Å²) in [6.07, 6.45) is 0.697. The number of carboxylic acid groups (broad SMARTS) is 1. The summed E-state index contributed by atoms with van der Waals surface area (Å²) < 4.78 is 0. The Morgan fingerprint density at radius 1 is 1.38 bits per heavy atom. The van der Waals surface area contributed by atoms with Crippen LogP contribution in [0.15, 0.2) is 35.7 Å². The molecule has 108 valence electrons. The van der Waals surface area contributed by atoms with Crippen LogP contribution in [0.3, 0.4) is 0 Å². The summed E-state index contributed by atoms with van der Waals surface area (Å²) in [5, 5.41) is 22.6. The molecule has 0 bridgehead atoms. The number of carboxylic acids is 1. The summed E-state index contributed by atoms with van der Waals surface area (Å²) in [6, 6.07) is 7.19. The first-order valence-corrected chi connectivity index (χ1v) is 7.26. The third kappa shape index (κ3) is 2.25. The second-order valence-corrected chi connectivity index (χ2v) is 5.73. The minimum atomic E-state index is -0.993. The molecule has 1 aliphatic heterocycles. The lowest BCUT2D eigenvalue weighted by Gasteiger charge is -2.34. The average Bonchev–Trinajstić information content (AvgIpc) is 2.94. The molecule has 21 heavy (non-hydrogen) atoms. The van der Waals surface area contributed by atoms with Crippen molar-refractivity contribution >= 4 is 28.7 Å². The highest BCUT2D eigenvalue weighted by atomic mass is 32.1. The smallest absolute Gasteiger partial charge is 0.331 e. The van der Waals surface area contributed by atoms with Gasteiger partial charge < -0.3 is 10.0 Å². The monoisotopic (exact) mass is 304 g/mol. The molecule has 0 radical (unpaired) electrons. The number of anilines is 1. The van der Waals surface area contributed by atoms with Crippen molar-refractivity contribution in [3.05, 3.63) is 56.3 Å². The molecule has 1 aromatic heterocycles. The van der Waals surface area contributed by atoms with Crippen LogP contribution in [0.5, 0.6) is 0 Å². The van der Waals surface area contributed by atoms with Crippen molar-refractivity contribution in [2.75, 3.05) is 11.4 Å². The first-order valence-electron chi connectivity index (χ1n) is 6.38. The first kappa shape index (κ1) is 13.6. The predicted octanol–water partition coefficient (Wildman–Crippen LogP) is 2.84. The molecule has 0 aliphatic carbocycles. The van der Waals surface area contributed by atoms with Crippen molar-refractivity contribution in [2.45, 2.75) is 12.5 Å². The van der Waals surface area contributed by atoms with Crippen molar-refractivity contribution in [2.24, 2.45) is 0 Å². The van der Waals surface area contributed by atoms with Crippen LogP contribution in [-0.4, -0.2) is 22.5 Å². The molecule has 1 atom stereocenters. The number of hydrogen-bond donors (Lipinski definition) is 1. The fourth-order valence-corrected chi connectivity index (χ4v) is 3.61. The van der Waals surface area contributed by atoms with Crippen LogP contribution in [0, 0.1) is 10.1 Å². The molecule has 2 aromatic rings. The molecule has 2 heterocycles. The van der Waals surface area contributed by atoms with Gasteiger partial charge in [0.1, 0.15) is 5.69 Å². The van der Waals surface area contributed by atoms with Crippen molar-refractivity contribution in [1.82, 2.24) is 0 Å². The number of hydrogen-bond acceptors (Lipinski definition) is 5. The van der Waals surface area contributed by atoms with E-state index >= 15 is 0 Å². The molecule has 0 spiro atoms. The van der Waals surface area contributed by atoms with E-state index in [9.17, 15) is 20.0 Å². The van der Waals surface area contributed by atoms with Crippen molar-refractivity contribution in [1.29, 1.82) is 0 Å². The molecule has 1 aromatic carbocycles. The minimum Gasteiger partial charge on any atom is -0.479 e. The van der Waals surface area contributed by atoms with Gasteiger partial charge in [-0.3, -0.25) is 10.1 Å². The Kier molecular flexibility index (Phi) is 3.34. The van der Waals surface area contributed by atoms with E-state index in [1.165, 1.54) is 17.4 Å². The molecule has 3 rings (SSSR count). The van der Waals surface area contributed by atoms with Crippen LogP contribution in [0.4, 0.5) is 11.4 Å². The number of benzene rings is 1. The van der Waals surface area contributed by atoms with Gasteiger partial charge in [-0.25, -0.2) is 4.79 Å². The van der Waals surface area contributed by atoms with E-state index in [4.69, 9.17) is 0 Å². The van der Waals surface area contributed by atoms with Crippen LogP contribution < -0.4 is 4.90 Å². The summed E-state index contributed by atoms with van der Waals surface area (Å²) >= 11 is 1.53. The molecule has 1 aliphatic rings. The highest BCUT2D eigenvalue weighted by Crippen LogP contribution is 2.39. The van der Waals surface area contributed by atoms with Crippen molar-refractivity contribution in [3.63, 3.8) is 0 Å². The molecule has 1 unspecified atom stereocenters. The van der Waals surface area contributed by atoms with E-state index in [1.807, 2.05) is 5.38 Å². The number of nitro benzene ring substituents is 1. The second-order valence-electron chi connectivity index (χ2n) is 4.73. The van der Waals surface area contributed by atoms with Gasteiger partial charge >= 0.3 is 5.97 Å². The number of thiophene rings is 1. The van der Waals surface area contributed by atoms with Crippen molar-refractivity contribution in [3.8, 4) is 0 Å². The molecular weight excluding hydrogens is 292 g/mol. The summed E-state index contributed by atoms with van der Waals surface area (Å²) in [7, 11) is 0. The topological polar surface area (TPSA) is 83.7 Å². The Bertz CT molecular complexity index is 713. The number of nitrogens with zero attached hydrogens (tertiary/aromatic N) is 2. The van der Waals surface area contributed by atoms with E-state index in [-0.39, 0.29) is 5.69 Å². The molecule has 1 N–H and O–H groups in total. The maximum atomic E-state index is 11.7. The summed E-state index contributed by atoms with van der Waals surface area (Å²) in [5.41, 5.74) is 1.02. The predicted molar refractivity (Wildman–Crippen MR) is 78.8 cm³/mol. The zero-order valence-electron chi connectivity index (χ0n) is 10.9. The normalized spacial score (nSPS) is 17.3. The molecule has 7 heteroatoms. The van der Waals surface area contributed by atoms with Crippen LogP contribution >= 0.6 is 11.3 Å². The van der Waals surface area contributed by atoms with Gasteiger partial charge in [0.25, 0.3) is 5.69 Å². The van der Waals surface area contributed by atoms with Crippen LogP contribution in [-0.2, 0) is 11.2 Å². The fraction of sp³-hybridized carbons (Fsp3) is 0.214. The summed E-state index contributed by atoms with van der Waals surface area (Å²) in [6.45, 7) is 0.454. The van der Waals surface area contributed by atoms with Crippen LogP contribution in [0.25, 0.3) is 0 Å². The zero-order valence-corrected chi connectivity index (χ0v) is 11.7. The highest BCUT2D eigenvalue weighted by molar-refractivity contribution is 7.10. The van der Waals surface area contributed by atoms with E-state index < -0.39 is 16.9 Å². The second kappa shape index (κ2) is 5.17. The standard InChI is InChI=1S/C14H12N2O4S/c17-14(18)13-9-6-8-21-12(9)5-7-15(13)10-3-1-2-4-11(10)16(19)20/h1-4,6,8,13H,5,7H2,(H,17,18). The number of aliphatic carboxylic acids is 1. The fourth-order valence-electron chi connectivity index (χ4n) is 2.70. The molecule has 6 nitrogen and oxygen atoms in total. The maximum Gasteiger partial charge on any atom is 0.331 e. The SMILES string of the molecule is O=C(O)C1c2ccsc2CCN1c1ccccc1[N+](=O)[O-]. The van der Waals surface area contributed by atoms with Gasteiger partial charge in [0.15, 0.2) is 6.04 Å². The first-order chi connectivity index (χ1) is 10.1. The maximum absolute atomic E-state index is 11.7. The number of carbonyl (C=O) groups is 1. The highest BCUT2D eigenvalue weighted by Gasteiger charge is 2.36. The van der Waals surface area contributed by atoms with Gasteiger partial charge in [0, 0.05) is 17.5 Å². The van der Waals surface area contributed by atoms with E-state index in [1.54, 1.807) is 29.2 Å². The van der Waals surface area contributed by atoms with E-state index in [2.05, 4.69) is 0 Å². The van der Waals surface area contributed by atoms with Gasteiger partial charge in [0.05, 0.1) is 4.92 Å².